The zero-order valence-corrected chi connectivity index (χ0v) is 10.9. The van der Waals surface area contributed by atoms with Crippen LogP contribution < -0.4 is 4.74 Å². The lowest BCUT2D eigenvalue weighted by Gasteiger charge is -2.25. The van der Waals surface area contributed by atoms with E-state index in [1.54, 1.807) is 24.3 Å². The van der Waals surface area contributed by atoms with Crippen molar-refractivity contribution in [3.05, 3.63) is 24.3 Å². The van der Waals surface area contributed by atoms with Crippen molar-refractivity contribution in [2.24, 2.45) is 0 Å². The second kappa shape index (κ2) is 6.54. The molecule has 0 bridgehead atoms. The molecule has 1 N–H and O–H groups in total. The van der Waals surface area contributed by atoms with Crippen molar-refractivity contribution in [1.29, 1.82) is 0 Å². The maximum Gasteiger partial charge on any atom is 0.210 e. The summed E-state index contributed by atoms with van der Waals surface area (Å²) in [6.07, 6.45) is 1.94. The van der Waals surface area contributed by atoms with Gasteiger partial charge in [0.25, 0.3) is 0 Å². The molecular weight excluding hydrogens is 250 g/mol. The summed E-state index contributed by atoms with van der Waals surface area (Å²) in [7, 11) is 0. The second-order valence-electron chi connectivity index (χ2n) is 4.23. The summed E-state index contributed by atoms with van der Waals surface area (Å²) in [6, 6.07) is 6.83. The minimum absolute atomic E-state index is 0.109. The zero-order valence-electron chi connectivity index (χ0n) is 10.1. The van der Waals surface area contributed by atoms with E-state index < -0.39 is 0 Å². The number of carbonyl (C=O) groups is 1. The molecule has 1 unspecified atom stereocenters. The van der Waals surface area contributed by atoms with E-state index in [1.165, 1.54) is 0 Å². The number of ether oxygens (including phenoxy) is 1. The number of hydrogen-bond acceptors (Lipinski definition) is 4. The standard InChI is InChI=1S/C13H17NO3S/c15-10-14-5-2-6-18-9-11(14)8-17-13-4-1-3-12(16)7-13/h1,3-4,7,10-11,16H,2,5-6,8-9H2. The highest BCUT2D eigenvalue weighted by Crippen LogP contribution is 2.20. The molecule has 1 aromatic rings. The number of aromatic hydroxyl groups is 1. The molecule has 0 aliphatic carbocycles. The highest BCUT2D eigenvalue weighted by Gasteiger charge is 2.20. The Kier molecular flexibility index (Phi) is 4.75. The van der Waals surface area contributed by atoms with Gasteiger partial charge in [0.05, 0.1) is 6.04 Å². The van der Waals surface area contributed by atoms with E-state index in [9.17, 15) is 9.90 Å². The Morgan fingerprint density at radius 2 is 2.44 bits per heavy atom. The third kappa shape index (κ3) is 3.57. The van der Waals surface area contributed by atoms with Gasteiger partial charge in [-0.25, -0.2) is 0 Å². The minimum Gasteiger partial charge on any atom is -0.508 e. The lowest BCUT2D eigenvalue weighted by Crippen LogP contribution is -2.39. The Morgan fingerprint density at radius 3 is 3.22 bits per heavy atom. The molecule has 0 aromatic heterocycles. The summed E-state index contributed by atoms with van der Waals surface area (Å²) >= 11 is 1.85. The molecule has 1 saturated heterocycles. The van der Waals surface area contributed by atoms with Gasteiger partial charge >= 0.3 is 0 Å². The van der Waals surface area contributed by atoms with E-state index in [4.69, 9.17) is 4.74 Å². The molecule has 18 heavy (non-hydrogen) atoms. The smallest absolute Gasteiger partial charge is 0.210 e. The molecule has 1 aliphatic heterocycles. The number of benzene rings is 1. The van der Waals surface area contributed by atoms with Crippen LogP contribution in [0.15, 0.2) is 24.3 Å². The molecule has 1 aliphatic rings. The maximum atomic E-state index is 11.0. The number of nitrogens with zero attached hydrogens (tertiary/aromatic N) is 1. The van der Waals surface area contributed by atoms with E-state index in [-0.39, 0.29) is 11.8 Å². The van der Waals surface area contributed by atoms with Crippen molar-refractivity contribution >= 4 is 18.2 Å². The summed E-state index contributed by atoms with van der Waals surface area (Å²) in [5.74, 6) is 2.81. The summed E-state index contributed by atoms with van der Waals surface area (Å²) < 4.78 is 5.64. The van der Waals surface area contributed by atoms with Gasteiger partial charge in [-0.1, -0.05) is 6.07 Å². The third-order valence-electron chi connectivity index (χ3n) is 2.88. The number of thioether (sulfide) groups is 1. The molecule has 0 spiro atoms. The lowest BCUT2D eigenvalue weighted by atomic mass is 10.3. The fraction of sp³-hybridized carbons (Fsp3) is 0.462. The van der Waals surface area contributed by atoms with E-state index >= 15 is 0 Å². The molecule has 5 heteroatoms. The van der Waals surface area contributed by atoms with Gasteiger partial charge in [0.2, 0.25) is 6.41 Å². The Balaban J connectivity index is 1.93. The van der Waals surface area contributed by atoms with Crippen LogP contribution >= 0.6 is 11.8 Å². The molecule has 2 rings (SSSR count). The normalized spacial score (nSPS) is 20.2. The van der Waals surface area contributed by atoms with Gasteiger partial charge in [-0.15, -0.1) is 0 Å². The van der Waals surface area contributed by atoms with Crippen LogP contribution in [0.5, 0.6) is 11.5 Å². The number of hydrogen-bond donors (Lipinski definition) is 1. The molecule has 1 atom stereocenters. The largest absolute Gasteiger partial charge is 0.508 e. The van der Waals surface area contributed by atoms with Crippen LogP contribution in [0.4, 0.5) is 0 Å². The van der Waals surface area contributed by atoms with Crippen LogP contribution in [0.2, 0.25) is 0 Å². The lowest BCUT2D eigenvalue weighted by molar-refractivity contribution is -0.120. The number of phenols is 1. The van der Waals surface area contributed by atoms with Gasteiger partial charge in [0.15, 0.2) is 0 Å². The summed E-state index contributed by atoms with van der Waals surface area (Å²) in [5.41, 5.74) is 0. The maximum absolute atomic E-state index is 11.0. The van der Waals surface area contributed by atoms with Crippen molar-refractivity contribution in [1.82, 2.24) is 4.90 Å². The van der Waals surface area contributed by atoms with Crippen LogP contribution in [0.1, 0.15) is 6.42 Å². The fourth-order valence-electron chi connectivity index (χ4n) is 1.90. The first-order chi connectivity index (χ1) is 8.79. The average molecular weight is 267 g/mol. The molecule has 0 radical (unpaired) electrons. The van der Waals surface area contributed by atoms with Gasteiger partial charge in [0.1, 0.15) is 18.1 Å². The molecule has 1 aromatic carbocycles. The quantitative estimate of drug-likeness (QED) is 0.844. The van der Waals surface area contributed by atoms with Crippen molar-refractivity contribution in [2.45, 2.75) is 12.5 Å². The molecular formula is C13H17NO3S. The molecule has 1 amide bonds. The van der Waals surface area contributed by atoms with Gasteiger partial charge in [-0.3, -0.25) is 4.79 Å². The first-order valence-electron chi connectivity index (χ1n) is 6.00. The minimum atomic E-state index is 0.109. The van der Waals surface area contributed by atoms with E-state index in [2.05, 4.69) is 0 Å². The monoisotopic (exact) mass is 267 g/mol. The Morgan fingerprint density at radius 1 is 1.56 bits per heavy atom. The highest BCUT2D eigenvalue weighted by molar-refractivity contribution is 7.99. The highest BCUT2D eigenvalue weighted by atomic mass is 32.2. The van der Waals surface area contributed by atoms with E-state index in [0.717, 1.165) is 30.9 Å². The fourth-order valence-corrected chi connectivity index (χ4v) is 2.95. The topological polar surface area (TPSA) is 49.8 Å². The van der Waals surface area contributed by atoms with Crippen LogP contribution in [-0.4, -0.2) is 47.1 Å². The van der Waals surface area contributed by atoms with Gasteiger partial charge in [-0.05, 0) is 24.3 Å². The van der Waals surface area contributed by atoms with Crippen molar-refractivity contribution in [3.63, 3.8) is 0 Å². The number of rotatable bonds is 4. The Hall–Kier alpha value is -1.36. The first kappa shape index (κ1) is 13.1. The Labute approximate surface area is 111 Å². The molecule has 98 valence electrons. The summed E-state index contributed by atoms with van der Waals surface area (Å²) in [6.45, 7) is 1.26. The van der Waals surface area contributed by atoms with Crippen molar-refractivity contribution in [2.75, 3.05) is 24.7 Å². The zero-order chi connectivity index (χ0) is 12.8. The summed E-state index contributed by atoms with van der Waals surface area (Å²) in [5, 5.41) is 9.34. The number of carbonyl (C=O) groups excluding carboxylic acids is 1. The van der Waals surface area contributed by atoms with Gasteiger partial charge in [0, 0.05) is 18.4 Å². The van der Waals surface area contributed by atoms with Crippen LogP contribution in [0.3, 0.4) is 0 Å². The van der Waals surface area contributed by atoms with Crippen molar-refractivity contribution < 1.29 is 14.6 Å². The van der Waals surface area contributed by atoms with Gasteiger partial charge in [-0.2, -0.15) is 11.8 Å². The van der Waals surface area contributed by atoms with Crippen LogP contribution in [-0.2, 0) is 4.79 Å². The predicted octanol–water partition coefficient (Wildman–Crippen LogP) is 1.73. The molecule has 0 saturated carbocycles. The van der Waals surface area contributed by atoms with Crippen LogP contribution in [0.25, 0.3) is 0 Å². The Bertz CT molecular complexity index is 400. The van der Waals surface area contributed by atoms with E-state index in [1.807, 2.05) is 16.7 Å². The molecule has 4 nitrogen and oxygen atoms in total. The number of amides is 1. The van der Waals surface area contributed by atoms with E-state index in [0.29, 0.717) is 12.4 Å². The third-order valence-corrected chi connectivity index (χ3v) is 4.08. The second-order valence-corrected chi connectivity index (χ2v) is 5.38. The first-order valence-corrected chi connectivity index (χ1v) is 7.15. The average Bonchev–Trinajstić information content (AvgIpc) is 2.61. The van der Waals surface area contributed by atoms with Crippen LogP contribution in [0, 0.1) is 0 Å². The SMILES string of the molecule is O=CN1CCCSCC1COc1cccc(O)c1. The number of phenolic OH excluding ortho intramolecular Hbond substituents is 1. The summed E-state index contributed by atoms with van der Waals surface area (Å²) in [4.78, 5) is 12.8. The van der Waals surface area contributed by atoms with Crippen molar-refractivity contribution in [3.8, 4) is 11.5 Å². The molecule has 1 heterocycles. The molecule has 1 fully saturated rings. The predicted molar refractivity (Wildman–Crippen MR) is 72.1 cm³/mol. The van der Waals surface area contributed by atoms with Gasteiger partial charge < -0.3 is 14.7 Å².